The van der Waals surface area contributed by atoms with E-state index in [1.54, 1.807) is 0 Å². The van der Waals surface area contributed by atoms with Gasteiger partial charge in [-0.3, -0.25) is 4.90 Å². The zero-order chi connectivity index (χ0) is 15.2. The first-order valence-corrected chi connectivity index (χ1v) is 8.17. The van der Waals surface area contributed by atoms with E-state index < -0.39 is 0 Å². The van der Waals surface area contributed by atoms with E-state index in [0.717, 1.165) is 17.4 Å². The summed E-state index contributed by atoms with van der Waals surface area (Å²) in [5.41, 5.74) is 8.97. The fraction of sp³-hybridized carbons (Fsp3) is 0.333. The van der Waals surface area contributed by atoms with Crippen molar-refractivity contribution in [1.29, 1.82) is 0 Å². The molecule has 0 aliphatic heterocycles. The van der Waals surface area contributed by atoms with Crippen LogP contribution in [0.5, 0.6) is 0 Å². The van der Waals surface area contributed by atoms with Crippen LogP contribution in [0.15, 0.2) is 59.1 Å². The Morgan fingerprint density at radius 3 is 2.29 bits per heavy atom. The van der Waals surface area contributed by atoms with E-state index in [2.05, 4.69) is 77.3 Å². The molecule has 3 heteroatoms. The Morgan fingerprint density at radius 2 is 1.67 bits per heavy atom. The Hall–Kier alpha value is -1.16. The summed E-state index contributed by atoms with van der Waals surface area (Å²) < 4.78 is 1.12. The summed E-state index contributed by atoms with van der Waals surface area (Å²) in [6.07, 6.45) is 0.950. The number of hydrogen-bond acceptors (Lipinski definition) is 2. The molecule has 0 fully saturated rings. The molecule has 2 aromatic rings. The van der Waals surface area contributed by atoms with E-state index in [9.17, 15) is 0 Å². The van der Waals surface area contributed by atoms with Crippen LogP contribution in [0.2, 0.25) is 0 Å². The maximum atomic E-state index is 6.41. The van der Waals surface area contributed by atoms with Gasteiger partial charge in [0.15, 0.2) is 0 Å². The molecule has 0 bridgehead atoms. The number of hydrogen-bond donors (Lipinski definition) is 1. The average Bonchev–Trinajstić information content (AvgIpc) is 2.50. The standard InChI is InChI=1S/C18H23BrN2/c1-3-17(20)18(15-11-7-8-12-16(15)19)21(2)13-14-9-5-4-6-10-14/h4-12,17-18H,3,13,20H2,1-2H3. The fourth-order valence-electron chi connectivity index (χ4n) is 2.70. The molecule has 0 saturated heterocycles. The van der Waals surface area contributed by atoms with E-state index in [1.165, 1.54) is 11.1 Å². The first-order valence-electron chi connectivity index (χ1n) is 7.37. The van der Waals surface area contributed by atoms with E-state index >= 15 is 0 Å². The SMILES string of the molecule is CCC(N)C(c1ccccc1Br)N(C)Cc1ccccc1. The molecule has 2 N–H and O–H groups in total. The zero-order valence-corrected chi connectivity index (χ0v) is 14.3. The summed E-state index contributed by atoms with van der Waals surface area (Å²) in [6, 6.07) is 19.2. The van der Waals surface area contributed by atoms with Gasteiger partial charge in [-0.1, -0.05) is 71.4 Å². The molecule has 0 aliphatic carbocycles. The lowest BCUT2D eigenvalue weighted by atomic mass is 9.96. The summed E-state index contributed by atoms with van der Waals surface area (Å²) in [6.45, 7) is 3.03. The van der Waals surface area contributed by atoms with Crippen LogP contribution < -0.4 is 5.73 Å². The number of halogens is 1. The van der Waals surface area contributed by atoms with Gasteiger partial charge in [-0.2, -0.15) is 0 Å². The molecule has 21 heavy (non-hydrogen) atoms. The second-order valence-corrected chi connectivity index (χ2v) is 6.29. The first kappa shape index (κ1) is 16.2. The third-order valence-electron chi connectivity index (χ3n) is 3.85. The molecule has 0 aromatic heterocycles. The second kappa shape index (κ2) is 7.74. The number of nitrogens with zero attached hydrogens (tertiary/aromatic N) is 1. The molecule has 2 unspecified atom stereocenters. The van der Waals surface area contributed by atoms with Crippen molar-refractivity contribution in [3.05, 3.63) is 70.2 Å². The van der Waals surface area contributed by atoms with Crippen molar-refractivity contribution in [3.8, 4) is 0 Å². The van der Waals surface area contributed by atoms with Crippen molar-refractivity contribution < 1.29 is 0 Å². The van der Waals surface area contributed by atoms with Crippen LogP contribution in [-0.4, -0.2) is 18.0 Å². The summed E-state index contributed by atoms with van der Waals surface area (Å²) >= 11 is 3.67. The number of nitrogens with two attached hydrogens (primary N) is 1. The summed E-state index contributed by atoms with van der Waals surface area (Å²) in [5, 5.41) is 0. The van der Waals surface area contributed by atoms with E-state index in [1.807, 2.05) is 12.1 Å². The molecule has 0 aliphatic rings. The molecule has 2 aromatic carbocycles. The van der Waals surface area contributed by atoms with Crippen LogP contribution in [-0.2, 0) is 6.54 Å². The van der Waals surface area contributed by atoms with Crippen molar-refractivity contribution in [2.24, 2.45) is 5.73 Å². The number of rotatable bonds is 6. The van der Waals surface area contributed by atoms with Gasteiger partial charge in [0, 0.05) is 17.1 Å². The monoisotopic (exact) mass is 346 g/mol. The molecular weight excluding hydrogens is 324 g/mol. The van der Waals surface area contributed by atoms with Gasteiger partial charge in [-0.05, 0) is 30.7 Å². The average molecular weight is 347 g/mol. The lowest BCUT2D eigenvalue weighted by Gasteiger charge is -2.33. The van der Waals surface area contributed by atoms with Crippen LogP contribution in [0.3, 0.4) is 0 Å². The third-order valence-corrected chi connectivity index (χ3v) is 4.57. The normalized spacial score (nSPS) is 14.1. The van der Waals surface area contributed by atoms with Crippen molar-refractivity contribution in [2.45, 2.75) is 32.0 Å². The van der Waals surface area contributed by atoms with Crippen molar-refractivity contribution >= 4 is 15.9 Å². The molecule has 112 valence electrons. The summed E-state index contributed by atoms with van der Waals surface area (Å²) in [7, 11) is 2.15. The Labute approximate surface area is 136 Å². The smallest absolute Gasteiger partial charge is 0.0510 e. The van der Waals surface area contributed by atoms with Gasteiger partial charge < -0.3 is 5.73 Å². The topological polar surface area (TPSA) is 29.3 Å². The Kier molecular flexibility index (Phi) is 5.97. The third kappa shape index (κ3) is 4.16. The molecule has 0 radical (unpaired) electrons. The summed E-state index contributed by atoms with van der Waals surface area (Å²) in [4.78, 5) is 2.34. The van der Waals surface area contributed by atoms with Crippen LogP contribution >= 0.6 is 15.9 Å². The van der Waals surface area contributed by atoms with Gasteiger partial charge in [-0.15, -0.1) is 0 Å². The van der Waals surface area contributed by atoms with Gasteiger partial charge >= 0.3 is 0 Å². The highest BCUT2D eigenvalue weighted by atomic mass is 79.9. The van der Waals surface area contributed by atoms with Crippen molar-refractivity contribution in [1.82, 2.24) is 4.90 Å². The number of likely N-dealkylation sites (N-methyl/N-ethyl adjacent to an activating group) is 1. The number of benzene rings is 2. The fourth-order valence-corrected chi connectivity index (χ4v) is 3.22. The predicted molar refractivity (Wildman–Crippen MR) is 93.1 cm³/mol. The Morgan fingerprint density at radius 1 is 1.05 bits per heavy atom. The highest BCUT2D eigenvalue weighted by molar-refractivity contribution is 9.10. The van der Waals surface area contributed by atoms with Crippen LogP contribution in [0.25, 0.3) is 0 Å². The van der Waals surface area contributed by atoms with Crippen molar-refractivity contribution in [3.63, 3.8) is 0 Å². The van der Waals surface area contributed by atoms with Gasteiger partial charge in [0.05, 0.1) is 6.04 Å². The minimum atomic E-state index is 0.109. The quantitative estimate of drug-likeness (QED) is 0.841. The minimum absolute atomic E-state index is 0.109. The Balaban J connectivity index is 2.26. The molecule has 2 nitrogen and oxygen atoms in total. The molecule has 2 atom stereocenters. The van der Waals surface area contributed by atoms with Crippen LogP contribution in [0, 0.1) is 0 Å². The first-order chi connectivity index (χ1) is 10.1. The lowest BCUT2D eigenvalue weighted by Crippen LogP contribution is -2.38. The van der Waals surface area contributed by atoms with Gasteiger partial charge in [0.1, 0.15) is 0 Å². The summed E-state index contributed by atoms with van der Waals surface area (Å²) in [5.74, 6) is 0. The maximum Gasteiger partial charge on any atom is 0.0510 e. The van der Waals surface area contributed by atoms with Crippen LogP contribution in [0.4, 0.5) is 0 Å². The van der Waals surface area contributed by atoms with Gasteiger partial charge in [0.2, 0.25) is 0 Å². The minimum Gasteiger partial charge on any atom is -0.326 e. The maximum absolute atomic E-state index is 6.41. The van der Waals surface area contributed by atoms with Gasteiger partial charge in [-0.25, -0.2) is 0 Å². The molecule has 0 heterocycles. The molecule has 0 saturated carbocycles. The highest BCUT2D eigenvalue weighted by Crippen LogP contribution is 2.31. The van der Waals surface area contributed by atoms with E-state index in [0.29, 0.717) is 0 Å². The Bertz CT molecular complexity index is 556. The largest absolute Gasteiger partial charge is 0.326 e. The van der Waals surface area contributed by atoms with Gasteiger partial charge in [0.25, 0.3) is 0 Å². The molecular formula is C18H23BrN2. The van der Waals surface area contributed by atoms with Crippen LogP contribution in [0.1, 0.15) is 30.5 Å². The predicted octanol–water partition coefficient (Wildman–Crippen LogP) is 4.36. The van der Waals surface area contributed by atoms with E-state index in [-0.39, 0.29) is 12.1 Å². The second-order valence-electron chi connectivity index (χ2n) is 5.44. The zero-order valence-electron chi connectivity index (χ0n) is 12.7. The van der Waals surface area contributed by atoms with Crippen molar-refractivity contribution in [2.75, 3.05) is 7.05 Å². The van der Waals surface area contributed by atoms with E-state index in [4.69, 9.17) is 5.73 Å². The molecule has 2 rings (SSSR count). The molecule has 0 spiro atoms. The highest BCUT2D eigenvalue weighted by Gasteiger charge is 2.24. The lowest BCUT2D eigenvalue weighted by molar-refractivity contribution is 0.201. The molecule has 0 amide bonds.